The quantitative estimate of drug-likeness (QED) is 0.599. The predicted octanol–water partition coefficient (Wildman–Crippen LogP) is 3.74. The van der Waals surface area contributed by atoms with Crippen molar-refractivity contribution in [3.63, 3.8) is 0 Å². The van der Waals surface area contributed by atoms with Gasteiger partial charge in [0.05, 0.1) is 10.5 Å². The number of hydrogen-bond donors (Lipinski definition) is 0. The van der Waals surface area contributed by atoms with Gasteiger partial charge in [0, 0.05) is 19.2 Å². The van der Waals surface area contributed by atoms with Crippen LogP contribution in [-0.4, -0.2) is 23.4 Å². The van der Waals surface area contributed by atoms with E-state index in [0.29, 0.717) is 5.56 Å². The molecule has 0 heterocycles. The molecule has 21 heavy (non-hydrogen) atoms. The zero-order valence-corrected chi connectivity index (χ0v) is 12.0. The average molecular weight is 282 g/mol. The molecule has 2 aromatic rings. The van der Waals surface area contributed by atoms with Crippen molar-refractivity contribution < 1.29 is 4.92 Å². The highest BCUT2D eigenvalue weighted by molar-refractivity contribution is 5.60. The number of para-hydroxylation sites is 1. The van der Waals surface area contributed by atoms with Crippen molar-refractivity contribution in [3.8, 4) is 0 Å². The van der Waals surface area contributed by atoms with E-state index < -0.39 is 0 Å². The predicted molar refractivity (Wildman–Crippen MR) is 84.9 cm³/mol. The van der Waals surface area contributed by atoms with Gasteiger partial charge in [-0.05, 0) is 18.7 Å². The number of hydrogen-bond acceptors (Lipinski definition) is 3. The van der Waals surface area contributed by atoms with Crippen LogP contribution >= 0.6 is 0 Å². The van der Waals surface area contributed by atoms with E-state index in [-0.39, 0.29) is 10.6 Å². The Balaban J connectivity index is 1.95. The third-order valence-electron chi connectivity index (χ3n) is 3.14. The van der Waals surface area contributed by atoms with Crippen LogP contribution in [0.15, 0.2) is 60.7 Å². The minimum absolute atomic E-state index is 0.138. The molecular weight excluding hydrogens is 264 g/mol. The monoisotopic (exact) mass is 282 g/mol. The topological polar surface area (TPSA) is 46.4 Å². The molecular formula is C17H18N2O2. The highest BCUT2D eigenvalue weighted by Crippen LogP contribution is 2.18. The molecule has 0 aliphatic rings. The summed E-state index contributed by atoms with van der Waals surface area (Å²) in [5, 5.41) is 10.9. The maximum absolute atomic E-state index is 10.9. The first-order chi connectivity index (χ1) is 10.2. The van der Waals surface area contributed by atoms with Crippen LogP contribution < -0.4 is 0 Å². The van der Waals surface area contributed by atoms with Crippen LogP contribution in [0.25, 0.3) is 6.08 Å². The zero-order chi connectivity index (χ0) is 15.1. The fraction of sp³-hybridized carbons (Fsp3) is 0.176. The second-order valence-electron chi connectivity index (χ2n) is 4.90. The minimum atomic E-state index is -0.354. The van der Waals surface area contributed by atoms with E-state index in [2.05, 4.69) is 17.0 Å². The van der Waals surface area contributed by atoms with Crippen LogP contribution in [0.4, 0.5) is 5.69 Å². The van der Waals surface area contributed by atoms with Crippen LogP contribution in [0.5, 0.6) is 0 Å². The van der Waals surface area contributed by atoms with Crippen molar-refractivity contribution in [1.29, 1.82) is 0 Å². The highest BCUT2D eigenvalue weighted by Gasteiger charge is 2.08. The van der Waals surface area contributed by atoms with Gasteiger partial charge in [-0.15, -0.1) is 0 Å². The van der Waals surface area contributed by atoms with Crippen LogP contribution in [0.2, 0.25) is 0 Å². The summed E-state index contributed by atoms with van der Waals surface area (Å²) in [4.78, 5) is 12.7. The molecule has 0 N–H and O–H groups in total. The van der Waals surface area contributed by atoms with Gasteiger partial charge in [0.1, 0.15) is 0 Å². The van der Waals surface area contributed by atoms with Gasteiger partial charge in [-0.3, -0.25) is 15.0 Å². The molecule has 0 spiro atoms. The fourth-order valence-electron chi connectivity index (χ4n) is 2.11. The van der Waals surface area contributed by atoms with E-state index in [1.807, 2.05) is 31.3 Å². The molecule has 0 atom stereocenters. The van der Waals surface area contributed by atoms with E-state index in [0.717, 1.165) is 13.1 Å². The Morgan fingerprint density at radius 2 is 1.76 bits per heavy atom. The zero-order valence-electron chi connectivity index (χ0n) is 12.0. The first-order valence-corrected chi connectivity index (χ1v) is 6.79. The Labute approximate surface area is 124 Å². The molecule has 0 radical (unpaired) electrons. The molecule has 108 valence electrons. The van der Waals surface area contributed by atoms with Crippen LogP contribution in [-0.2, 0) is 6.54 Å². The number of nitro benzene ring substituents is 1. The number of nitrogens with zero attached hydrogens (tertiary/aromatic N) is 2. The van der Waals surface area contributed by atoms with Crippen LogP contribution in [0, 0.1) is 10.1 Å². The average Bonchev–Trinajstić information content (AvgIpc) is 2.48. The lowest BCUT2D eigenvalue weighted by Gasteiger charge is -2.14. The maximum atomic E-state index is 10.9. The van der Waals surface area contributed by atoms with Crippen molar-refractivity contribution in [1.82, 2.24) is 4.90 Å². The highest BCUT2D eigenvalue weighted by atomic mass is 16.6. The van der Waals surface area contributed by atoms with Gasteiger partial charge < -0.3 is 0 Å². The van der Waals surface area contributed by atoms with Crippen molar-refractivity contribution in [3.05, 3.63) is 81.9 Å². The summed E-state index contributed by atoms with van der Waals surface area (Å²) in [6.07, 6.45) is 3.75. The summed E-state index contributed by atoms with van der Waals surface area (Å²) < 4.78 is 0. The molecule has 0 bridgehead atoms. The number of likely N-dealkylation sites (N-methyl/N-ethyl adjacent to an activating group) is 1. The van der Waals surface area contributed by atoms with Crippen molar-refractivity contribution >= 4 is 11.8 Å². The minimum Gasteiger partial charge on any atom is -0.298 e. The molecule has 4 heteroatoms. The molecule has 0 aliphatic carbocycles. The van der Waals surface area contributed by atoms with Crippen LogP contribution in [0.3, 0.4) is 0 Å². The largest absolute Gasteiger partial charge is 0.298 e. The van der Waals surface area contributed by atoms with E-state index in [1.54, 1.807) is 24.3 Å². The van der Waals surface area contributed by atoms with E-state index >= 15 is 0 Å². The lowest BCUT2D eigenvalue weighted by atomic mass is 10.1. The normalized spacial score (nSPS) is 11.1. The maximum Gasteiger partial charge on any atom is 0.276 e. The van der Waals surface area contributed by atoms with Crippen molar-refractivity contribution in [2.75, 3.05) is 13.6 Å². The Morgan fingerprint density at radius 1 is 1.10 bits per heavy atom. The number of rotatable bonds is 6. The smallest absolute Gasteiger partial charge is 0.276 e. The van der Waals surface area contributed by atoms with Gasteiger partial charge >= 0.3 is 0 Å². The molecule has 4 nitrogen and oxygen atoms in total. The molecule has 2 rings (SSSR count). The molecule has 0 unspecified atom stereocenters. The first kappa shape index (κ1) is 14.9. The standard InChI is InChI=1S/C17H18N2O2/c1-18(14-15-8-3-2-4-9-15)13-7-11-16-10-5-6-12-17(16)19(20)21/h2-12H,13-14H2,1H3. The van der Waals surface area contributed by atoms with E-state index in [4.69, 9.17) is 0 Å². The second kappa shape index (κ2) is 7.36. The van der Waals surface area contributed by atoms with Gasteiger partial charge in [0.25, 0.3) is 5.69 Å². The molecule has 0 saturated carbocycles. The summed E-state index contributed by atoms with van der Waals surface area (Å²) in [6.45, 7) is 1.59. The summed E-state index contributed by atoms with van der Waals surface area (Å²) in [5.41, 5.74) is 2.02. The fourth-order valence-corrected chi connectivity index (χ4v) is 2.11. The third-order valence-corrected chi connectivity index (χ3v) is 3.14. The second-order valence-corrected chi connectivity index (χ2v) is 4.90. The van der Waals surface area contributed by atoms with Gasteiger partial charge in [-0.25, -0.2) is 0 Å². The van der Waals surface area contributed by atoms with Gasteiger partial charge in [-0.1, -0.05) is 54.6 Å². The first-order valence-electron chi connectivity index (χ1n) is 6.79. The molecule has 0 aromatic heterocycles. The number of benzene rings is 2. The Kier molecular flexibility index (Phi) is 5.23. The lowest BCUT2D eigenvalue weighted by Crippen LogP contribution is -2.17. The van der Waals surface area contributed by atoms with Gasteiger partial charge in [-0.2, -0.15) is 0 Å². The van der Waals surface area contributed by atoms with Gasteiger partial charge in [0.2, 0.25) is 0 Å². The van der Waals surface area contributed by atoms with Crippen molar-refractivity contribution in [2.24, 2.45) is 0 Å². The molecule has 0 fully saturated rings. The van der Waals surface area contributed by atoms with Crippen LogP contribution in [0.1, 0.15) is 11.1 Å². The summed E-state index contributed by atoms with van der Waals surface area (Å²) in [7, 11) is 2.02. The molecule has 2 aromatic carbocycles. The summed E-state index contributed by atoms with van der Waals surface area (Å²) in [5.74, 6) is 0. The molecule has 0 aliphatic heterocycles. The Bertz CT molecular complexity index is 624. The summed E-state index contributed by atoms with van der Waals surface area (Å²) in [6, 6.07) is 17.0. The lowest BCUT2D eigenvalue weighted by molar-refractivity contribution is -0.385. The van der Waals surface area contributed by atoms with Crippen molar-refractivity contribution in [2.45, 2.75) is 6.54 Å². The Morgan fingerprint density at radius 3 is 2.48 bits per heavy atom. The molecule has 0 saturated heterocycles. The third kappa shape index (κ3) is 4.54. The Hall–Kier alpha value is -2.46. The van der Waals surface area contributed by atoms with E-state index in [1.165, 1.54) is 11.6 Å². The number of nitro groups is 1. The molecule has 0 amide bonds. The van der Waals surface area contributed by atoms with Gasteiger partial charge in [0.15, 0.2) is 0 Å². The summed E-state index contributed by atoms with van der Waals surface area (Å²) >= 11 is 0. The van der Waals surface area contributed by atoms with E-state index in [9.17, 15) is 10.1 Å². The SMILES string of the molecule is CN(CC=Cc1ccccc1[N+](=O)[O-])Cc1ccccc1.